The molecule has 0 aliphatic carbocycles. The van der Waals surface area contributed by atoms with Gasteiger partial charge in [0.05, 0.1) is 11.8 Å². The zero-order chi connectivity index (χ0) is 15.1. The maximum Gasteiger partial charge on any atom is 0.272 e. The van der Waals surface area contributed by atoms with Crippen LogP contribution in [0.4, 0.5) is 5.69 Å². The molecule has 0 radical (unpaired) electrons. The number of aromatic nitrogens is 2. The van der Waals surface area contributed by atoms with Crippen molar-refractivity contribution in [2.45, 2.75) is 18.9 Å². The first-order chi connectivity index (χ1) is 10.7. The molecule has 1 amide bonds. The van der Waals surface area contributed by atoms with Crippen LogP contribution >= 0.6 is 11.3 Å². The standard InChI is InChI=1S/C16H13N3O2S/c20-15-13(6-5-10-3-1-2-4-11(10)18-15)19-9-17-12-7-8-22-14(12)16(19)21/h1-4,7-9,13H,5-6H2,(H,18,20)/t13-/m1/s1. The van der Waals surface area contributed by atoms with Crippen LogP contribution in [-0.2, 0) is 11.2 Å². The van der Waals surface area contributed by atoms with Gasteiger partial charge in [-0.05, 0) is 35.9 Å². The molecule has 0 spiro atoms. The third kappa shape index (κ3) is 2.03. The molecular weight excluding hydrogens is 298 g/mol. The first-order valence-corrected chi connectivity index (χ1v) is 7.95. The molecule has 3 aromatic rings. The molecule has 0 saturated carbocycles. The van der Waals surface area contributed by atoms with Crippen molar-refractivity contribution in [1.29, 1.82) is 0 Å². The van der Waals surface area contributed by atoms with Crippen LogP contribution in [0, 0.1) is 0 Å². The van der Waals surface area contributed by atoms with Gasteiger partial charge >= 0.3 is 0 Å². The molecule has 1 aromatic carbocycles. The number of carbonyl (C=O) groups is 1. The van der Waals surface area contributed by atoms with Gasteiger partial charge in [-0.1, -0.05) is 18.2 Å². The Morgan fingerprint density at radius 2 is 2.09 bits per heavy atom. The Kier molecular flexibility index (Phi) is 3.04. The molecule has 0 fully saturated rings. The zero-order valence-corrected chi connectivity index (χ0v) is 12.5. The monoisotopic (exact) mass is 311 g/mol. The van der Waals surface area contributed by atoms with Gasteiger partial charge in [-0.2, -0.15) is 0 Å². The summed E-state index contributed by atoms with van der Waals surface area (Å²) in [5.41, 5.74) is 2.46. The summed E-state index contributed by atoms with van der Waals surface area (Å²) in [6.45, 7) is 0. The highest BCUT2D eigenvalue weighted by atomic mass is 32.1. The Bertz CT molecular complexity index is 928. The van der Waals surface area contributed by atoms with E-state index in [1.807, 2.05) is 35.7 Å². The number of para-hydroxylation sites is 1. The number of fused-ring (bicyclic) bond motifs is 2. The Hall–Kier alpha value is -2.47. The van der Waals surface area contributed by atoms with E-state index in [2.05, 4.69) is 10.3 Å². The molecule has 0 saturated heterocycles. The van der Waals surface area contributed by atoms with Gasteiger partial charge in [0.2, 0.25) is 5.91 Å². The van der Waals surface area contributed by atoms with Crippen molar-refractivity contribution in [2.24, 2.45) is 0 Å². The number of hydrogen-bond donors (Lipinski definition) is 1. The van der Waals surface area contributed by atoms with Gasteiger partial charge in [0.1, 0.15) is 10.7 Å². The predicted octanol–water partition coefficient (Wildman–Crippen LogP) is 2.58. The minimum absolute atomic E-state index is 0.147. The minimum Gasteiger partial charge on any atom is -0.324 e. The van der Waals surface area contributed by atoms with E-state index in [9.17, 15) is 9.59 Å². The molecular formula is C16H13N3O2S. The second-order valence-corrected chi connectivity index (χ2v) is 6.21. The lowest BCUT2D eigenvalue weighted by Gasteiger charge is -2.15. The van der Waals surface area contributed by atoms with Gasteiger partial charge in [-0.15, -0.1) is 11.3 Å². The Morgan fingerprint density at radius 1 is 1.23 bits per heavy atom. The van der Waals surface area contributed by atoms with E-state index in [0.717, 1.165) is 17.7 Å². The number of anilines is 1. The van der Waals surface area contributed by atoms with Crippen LogP contribution in [0.5, 0.6) is 0 Å². The van der Waals surface area contributed by atoms with E-state index in [1.54, 1.807) is 0 Å². The second kappa shape index (κ2) is 5.06. The molecule has 4 rings (SSSR count). The smallest absolute Gasteiger partial charge is 0.272 e. The maximum atomic E-state index is 12.6. The Labute approximate surface area is 130 Å². The summed E-state index contributed by atoms with van der Waals surface area (Å²) in [5, 5.41) is 4.76. The van der Waals surface area contributed by atoms with E-state index in [1.165, 1.54) is 22.2 Å². The molecule has 2 aromatic heterocycles. The van der Waals surface area contributed by atoms with Crippen LogP contribution in [0.25, 0.3) is 10.2 Å². The first-order valence-electron chi connectivity index (χ1n) is 7.07. The van der Waals surface area contributed by atoms with Crippen LogP contribution < -0.4 is 10.9 Å². The number of thiophene rings is 1. The van der Waals surface area contributed by atoms with E-state index in [0.29, 0.717) is 16.6 Å². The van der Waals surface area contributed by atoms with E-state index in [4.69, 9.17) is 0 Å². The number of rotatable bonds is 1. The summed E-state index contributed by atoms with van der Waals surface area (Å²) in [7, 11) is 0. The van der Waals surface area contributed by atoms with Crippen LogP contribution in [0.3, 0.4) is 0 Å². The molecule has 0 bridgehead atoms. The topological polar surface area (TPSA) is 64.0 Å². The fourth-order valence-corrected chi connectivity index (χ4v) is 3.63. The molecule has 22 heavy (non-hydrogen) atoms. The van der Waals surface area contributed by atoms with E-state index in [-0.39, 0.29) is 11.5 Å². The summed E-state index contributed by atoms with van der Waals surface area (Å²) >= 11 is 1.36. The zero-order valence-electron chi connectivity index (χ0n) is 11.7. The molecule has 1 aliphatic heterocycles. The molecule has 1 aliphatic rings. The van der Waals surface area contributed by atoms with Crippen LogP contribution in [0.2, 0.25) is 0 Å². The van der Waals surface area contributed by atoms with Crippen LogP contribution in [0.15, 0.2) is 46.8 Å². The summed E-state index contributed by atoms with van der Waals surface area (Å²) in [5.74, 6) is -0.162. The lowest BCUT2D eigenvalue weighted by Crippen LogP contribution is -2.32. The third-order valence-electron chi connectivity index (χ3n) is 4.00. The number of carbonyl (C=O) groups excluding carboxylic acids is 1. The van der Waals surface area contributed by atoms with Crippen molar-refractivity contribution in [3.05, 3.63) is 58.0 Å². The fourth-order valence-electron chi connectivity index (χ4n) is 2.85. The van der Waals surface area contributed by atoms with Gasteiger partial charge in [-0.25, -0.2) is 4.98 Å². The largest absolute Gasteiger partial charge is 0.324 e. The highest BCUT2D eigenvalue weighted by Gasteiger charge is 2.26. The summed E-state index contributed by atoms with van der Waals surface area (Å²) in [6.07, 6.45) is 2.81. The Balaban J connectivity index is 1.78. The second-order valence-electron chi connectivity index (χ2n) is 5.29. The van der Waals surface area contributed by atoms with Crippen molar-refractivity contribution in [2.75, 3.05) is 5.32 Å². The summed E-state index contributed by atoms with van der Waals surface area (Å²) < 4.78 is 2.05. The van der Waals surface area contributed by atoms with Crippen LogP contribution in [0.1, 0.15) is 18.0 Å². The van der Waals surface area contributed by atoms with Crippen molar-refractivity contribution < 1.29 is 4.79 Å². The molecule has 1 N–H and O–H groups in total. The van der Waals surface area contributed by atoms with Gasteiger partial charge < -0.3 is 5.32 Å². The van der Waals surface area contributed by atoms with Gasteiger partial charge in [0.25, 0.3) is 5.56 Å². The first kappa shape index (κ1) is 13.2. The highest BCUT2D eigenvalue weighted by Crippen LogP contribution is 2.26. The maximum absolute atomic E-state index is 12.6. The number of benzene rings is 1. The molecule has 3 heterocycles. The fraction of sp³-hybridized carbons (Fsp3) is 0.188. The highest BCUT2D eigenvalue weighted by molar-refractivity contribution is 7.17. The molecule has 1 atom stereocenters. The van der Waals surface area contributed by atoms with Gasteiger partial charge in [0.15, 0.2) is 0 Å². The average Bonchev–Trinajstić information content (AvgIpc) is 2.94. The Morgan fingerprint density at radius 3 is 3.00 bits per heavy atom. The number of hydrogen-bond acceptors (Lipinski definition) is 4. The van der Waals surface area contributed by atoms with Crippen molar-refractivity contribution in [1.82, 2.24) is 9.55 Å². The van der Waals surface area contributed by atoms with Crippen molar-refractivity contribution in [3.8, 4) is 0 Å². The third-order valence-corrected chi connectivity index (χ3v) is 4.89. The number of aryl methyl sites for hydroxylation is 1. The number of nitrogens with one attached hydrogen (secondary N) is 1. The van der Waals surface area contributed by atoms with Crippen molar-refractivity contribution in [3.63, 3.8) is 0 Å². The lowest BCUT2D eigenvalue weighted by molar-refractivity contribution is -0.119. The molecule has 6 heteroatoms. The number of nitrogens with zero attached hydrogens (tertiary/aromatic N) is 2. The van der Waals surface area contributed by atoms with Crippen molar-refractivity contribution >= 4 is 33.1 Å². The summed E-state index contributed by atoms with van der Waals surface area (Å²) in [6, 6.07) is 9.02. The van der Waals surface area contributed by atoms with Gasteiger partial charge in [-0.3, -0.25) is 14.2 Å². The molecule has 0 unspecified atom stereocenters. The summed E-state index contributed by atoms with van der Waals surface area (Å²) in [4.78, 5) is 29.4. The minimum atomic E-state index is -0.529. The molecule has 5 nitrogen and oxygen atoms in total. The van der Waals surface area contributed by atoms with Gasteiger partial charge in [0, 0.05) is 5.69 Å². The van der Waals surface area contributed by atoms with E-state index >= 15 is 0 Å². The lowest BCUT2D eigenvalue weighted by atomic mass is 10.1. The average molecular weight is 311 g/mol. The quantitative estimate of drug-likeness (QED) is 0.751. The van der Waals surface area contributed by atoms with E-state index < -0.39 is 6.04 Å². The predicted molar refractivity (Wildman–Crippen MR) is 86.3 cm³/mol. The van der Waals surface area contributed by atoms with Crippen LogP contribution in [-0.4, -0.2) is 15.5 Å². The SMILES string of the molecule is O=C1Nc2ccccc2CC[C@H]1n1cnc2ccsc2c1=O. The molecule has 110 valence electrons. The number of amides is 1. The normalized spacial score (nSPS) is 17.8.